The highest BCUT2D eigenvalue weighted by Gasteiger charge is 2.28. The summed E-state index contributed by atoms with van der Waals surface area (Å²) in [5.74, 6) is -0.398. The highest BCUT2D eigenvalue weighted by atomic mass is 35.5. The Morgan fingerprint density at radius 1 is 1.07 bits per heavy atom. The fourth-order valence-corrected chi connectivity index (χ4v) is 4.46. The molecule has 0 bridgehead atoms. The van der Waals surface area contributed by atoms with Crippen LogP contribution in [0.1, 0.15) is 11.1 Å². The van der Waals surface area contributed by atoms with Crippen molar-refractivity contribution < 1.29 is 12.8 Å². The molecule has 140 valence electrons. The van der Waals surface area contributed by atoms with E-state index in [0.29, 0.717) is 11.1 Å². The Bertz CT molecular complexity index is 1080. The predicted molar refractivity (Wildman–Crippen MR) is 105 cm³/mol. The molecule has 0 radical (unpaired) electrons. The van der Waals surface area contributed by atoms with Crippen LogP contribution in [0, 0.1) is 12.7 Å². The minimum atomic E-state index is -3.99. The van der Waals surface area contributed by atoms with E-state index in [9.17, 15) is 12.8 Å². The maximum absolute atomic E-state index is 14.0. The highest BCUT2D eigenvalue weighted by Crippen LogP contribution is 2.32. The molecule has 0 aliphatic heterocycles. The van der Waals surface area contributed by atoms with Crippen molar-refractivity contribution in [3.8, 4) is 0 Å². The molecular formula is C19H15Cl2FN2O2S. The summed E-state index contributed by atoms with van der Waals surface area (Å²) in [6.07, 6.45) is 1.31. The maximum atomic E-state index is 14.0. The molecule has 0 unspecified atom stereocenters. The normalized spacial score (nSPS) is 11.4. The third kappa shape index (κ3) is 4.24. The lowest BCUT2D eigenvalue weighted by Crippen LogP contribution is -2.31. The van der Waals surface area contributed by atoms with E-state index in [1.807, 2.05) is 0 Å². The molecule has 0 N–H and O–H groups in total. The molecule has 0 spiro atoms. The van der Waals surface area contributed by atoms with E-state index < -0.39 is 15.8 Å². The Morgan fingerprint density at radius 3 is 2.41 bits per heavy atom. The van der Waals surface area contributed by atoms with Crippen LogP contribution in [0.5, 0.6) is 0 Å². The van der Waals surface area contributed by atoms with Crippen molar-refractivity contribution in [2.24, 2.45) is 0 Å². The third-order valence-electron chi connectivity index (χ3n) is 3.92. The highest BCUT2D eigenvalue weighted by molar-refractivity contribution is 7.92. The van der Waals surface area contributed by atoms with Gasteiger partial charge < -0.3 is 0 Å². The van der Waals surface area contributed by atoms with Crippen molar-refractivity contribution in [1.82, 2.24) is 4.98 Å². The number of hydrogen-bond donors (Lipinski definition) is 0. The van der Waals surface area contributed by atoms with Gasteiger partial charge in [0.15, 0.2) is 5.82 Å². The SMILES string of the molecule is Cc1ccc(CN(c2ncc(Cl)cc2Cl)S(=O)(=O)c2ccccc2)cc1F. The van der Waals surface area contributed by atoms with Crippen LogP contribution in [0.25, 0.3) is 0 Å². The quantitative estimate of drug-likeness (QED) is 0.563. The molecule has 8 heteroatoms. The molecule has 0 saturated carbocycles. The average Bonchev–Trinajstić information content (AvgIpc) is 2.64. The number of sulfonamides is 1. The van der Waals surface area contributed by atoms with Crippen molar-refractivity contribution in [2.45, 2.75) is 18.4 Å². The summed E-state index contributed by atoms with van der Waals surface area (Å²) in [5.41, 5.74) is 0.935. The van der Waals surface area contributed by atoms with Gasteiger partial charge in [-0.05, 0) is 42.3 Å². The van der Waals surface area contributed by atoms with E-state index in [1.54, 1.807) is 37.3 Å². The first-order valence-electron chi connectivity index (χ1n) is 7.93. The molecule has 27 heavy (non-hydrogen) atoms. The first-order chi connectivity index (χ1) is 12.8. The number of halogens is 3. The zero-order chi connectivity index (χ0) is 19.6. The van der Waals surface area contributed by atoms with E-state index in [4.69, 9.17) is 23.2 Å². The molecule has 0 saturated heterocycles. The minimum absolute atomic E-state index is 0.0194. The average molecular weight is 425 g/mol. The van der Waals surface area contributed by atoms with Gasteiger partial charge in [0.05, 0.1) is 21.5 Å². The molecule has 0 aliphatic rings. The van der Waals surface area contributed by atoms with Crippen molar-refractivity contribution in [2.75, 3.05) is 4.31 Å². The molecule has 3 aromatic rings. The lowest BCUT2D eigenvalue weighted by molar-refractivity contribution is 0.588. The lowest BCUT2D eigenvalue weighted by Gasteiger charge is -2.24. The molecule has 4 nitrogen and oxygen atoms in total. The Kier molecular flexibility index (Phi) is 5.69. The van der Waals surface area contributed by atoms with Crippen molar-refractivity contribution in [1.29, 1.82) is 0 Å². The lowest BCUT2D eigenvalue weighted by atomic mass is 10.1. The molecule has 3 rings (SSSR count). The molecule has 0 amide bonds. The largest absolute Gasteiger partial charge is 0.265 e. The van der Waals surface area contributed by atoms with Crippen LogP contribution >= 0.6 is 23.2 Å². The zero-order valence-electron chi connectivity index (χ0n) is 14.2. The molecule has 1 heterocycles. The predicted octanol–water partition coefficient (Wildman–Crippen LogP) is 5.23. The second kappa shape index (κ2) is 7.84. The number of aromatic nitrogens is 1. The summed E-state index contributed by atoms with van der Waals surface area (Å²) in [5, 5.41) is 0.358. The standard InChI is InChI=1S/C19H15Cl2FN2O2S/c1-13-7-8-14(9-18(13)22)12-24(19-17(21)10-15(20)11-23-19)27(25,26)16-5-3-2-4-6-16/h2-11H,12H2,1H3. The summed E-state index contributed by atoms with van der Waals surface area (Å²) in [4.78, 5) is 4.17. The summed E-state index contributed by atoms with van der Waals surface area (Å²) in [7, 11) is -3.99. The van der Waals surface area contributed by atoms with Gasteiger partial charge in [-0.3, -0.25) is 0 Å². The Labute approximate surface area is 167 Å². The topological polar surface area (TPSA) is 50.3 Å². The first kappa shape index (κ1) is 19.6. The summed E-state index contributed by atoms with van der Waals surface area (Å²) < 4.78 is 41.5. The smallest absolute Gasteiger partial charge is 0.244 e. The van der Waals surface area contributed by atoms with Gasteiger partial charge in [0.1, 0.15) is 5.82 Å². The molecule has 1 aromatic heterocycles. The Morgan fingerprint density at radius 2 is 1.78 bits per heavy atom. The van der Waals surface area contributed by atoms with Crippen molar-refractivity contribution in [3.63, 3.8) is 0 Å². The van der Waals surface area contributed by atoms with Gasteiger partial charge in [-0.2, -0.15) is 0 Å². The molecule has 0 aliphatic carbocycles. The fraction of sp³-hybridized carbons (Fsp3) is 0.105. The number of aryl methyl sites for hydroxylation is 1. The van der Waals surface area contributed by atoms with Gasteiger partial charge in [-0.25, -0.2) is 22.1 Å². The second-order valence-corrected chi connectivity index (χ2v) is 8.57. The summed E-state index contributed by atoms with van der Waals surface area (Å²) >= 11 is 12.1. The number of hydrogen-bond acceptors (Lipinski definition) is 3. The number of pyridine rings is 1. The van der Waals surface area contributed by atoms with Gasteiger partial charge in [-0.1, -0.05) is 53.5 Å². The third-order valence-corrected chi connectivity index (χ3v) is 6.15. The van der Waals surface area contributed by atoms with Crippen LogP contribution in [-0.2, 0) is 16.6 Å². The molecule has 0 fully saturated rings. The Balaban J connectivity index is 2.12. The van der Waals surface area contributed by atoms with Crippen LogP contribution in [0.15, 0.2) is 65.7 Å². The number of anilines is 1. The number of benzene rings is 2. The van der Waals surface area contributed by atoms with Crippen LogP contribution in [0.4, 0.5) is 10.2 Å². The fourth-order valence-electron chi connectivity index (χ4n) is 2.48. The van der Waals surface area contributed by atoms with Crippen molar-refractivity contribution in [3.05, 3.63) is 87.8 Å². The number of rotatable bonds is 5. The number of nitrogens with zero attached hydrogens (tertiary/aromatic N) is 2. The monoisotopic (exact) mass is 424 g/mol. The van der Waals surface area contributed by atoms with E-state index in [-0.39, 0.29) is 27.3 Å². The van der Waals surface area contributed by atoms with E-state index in [1.165, 1.54) is 30.5 Å². The maximum Gasteiger partial charge on any atom is 0.265 e. The summed E-state index contributed by atoms with van der Waals surface area (Å²) in [6.45, 7) is 1.50. The van der Waals surface area contributed by atoms with Crippen molar-refractivity contribution >= 4 is 39.0 Å². The molecule has 2 aromatic carbocycles. The second-order valence-electron chi connectivity index (χ2n) is 5.87. The van der Waals surface area contributed by atoms with Crippen LogP contribution < -0.4 is 4.31 Å². The zero-order valence-corrected chi connectivity index (χ0v) is 16.6. The first-order valence-corrected chi connectivity index (χ1v) is 10.1. The molecule has 0 atom stereocenters. The van der Waals surface area contributed by atoms with Gasteiger partial charge in [0.2, 0.25) is 0 Å². The van der Waals surface area contributed by atoms with Gasteiger partial charge in [0, 0.05) is 6.20 Å². The Hall–Kier alpha value is -2.15. The summed E-state index contributed by atoms with van der Waals surface area (Å²) in [6, 6.07) is 13.9. The minimum Gasteiger partial charge on any atom is -0.244 e. The van der Waals surface area contributed by atoms with Crippen LogP contribution in [-0.4, -0.2) is 13.4 Å². The van der Waals surface area contributed by atoms with Gasteiger partial charge in [0.25, 0.3) is 10.0 Å². The molecular weight excluding hydrogens is 410 g/mol. The van der Waals surface area contributed by atoms with E-state index in [0.717, 1.165) is 4.31 Å². The van der Waals surface area contributed by atoms with Crippen LogP contribution in [0.3, 0.4) is 0 Å². The van der Waals surface area contributed by atoms with E-state index >= 15 is 0 Å². The van der Waals surface area contributed by atoms with E-state index in [2.05, 4.69) is 4.98 Å². The van der Waals surface area contributed by atoms with Crippen LogP contribution in [0.2, 0.25) is 10.0 Å². The van der Waals surface area contributed by atoms with Gasteiger partial charge >= 0.3 is 0 Å². The van der Waals surface area contributed by atoms with Gasteiger partial charge in [-0.15, -0.1) is 0 Å².